The second-order valence-corrected chi connectivity index (χ2v) is 8.70. The lowest BCUT2D eigenvalue weighted by atomic mass is 10.1. The molecule has 4 amide bonds. The van der Waals surface area contributed by atoms with Gasteiger partial charge in [-0.1, -0.05) is 78.9 Å². The normalized spacial score (nSPS) is 13.8. The average molecular weight is 480 g/mol. The van der Waals surface area contributed by atoms with E-state index in [0.717, 1.165) is 37.9 Å². The standard InChI is InChI=1S/C28H25N5O3/c1-30(20-32-27(35)26(34)31(28(32)36)17-21-11-5-2-6-12-21)18-23-19-33(24-15-9-4-10-16-24)29-25(23)22-13-7-3-8-14-22/h2-16,19H,17-18,20H2,1H3. The molecule has 0 unspecified atom stereocenters. The summed E-state index contributed by atoms with van der Waals surface area (Å²) in [6, 6.07) is 28.2. The van der Waals surface area contributed by atoms with Crippen molar-refractivity contribution in [2.24, 2.45) is 0 Å². The third kappa shape index (κ3) is 4.67. The number of benzene rings is 3. The largest absolute Gasteiger partial charge is 0.335 e. The molecular weight excluding hydrogens is 454 g/mol. The van der Waals surface area contributed by atoms with Gasteiger partial charge in [0.2, 0.25) is 0 Å². The van der Waals surface area contributed by atoms with Crippen molar-refractivity contribution in [3.8, 4) is 16.9 Å². The van der Waals surface area contributed by atoms with Crippen molar-refractivity contribution in [2.75, 3.05) is 13.7 Å². The Kier molecular flexibility index (Phi) is 6.42. The fourth-order valence-electron chi connectivity index (χ4n) is 4.24. The fourth-order valence-corrected chi connectivity index (χ4v) is 4.24. The molecule has 8 heteroatoms. The van der Waals surface area contributed by atoms with Gasteiger partial charge in [0, 0.05) is 23.9 Å². The number of rotatable bonds is 8. The molecule has 3 aromatic carbocycles. The molecule has 180 valence electrons. The molecule has 4 aromatic rings. The molecule has 1 aliphatic heterocycles. The molecule has 1 aromatic heterocycles. The van der Waals surface area contributed by atoms with Crippen LogP contribution in [0.15, 0.2) is 97.2 Å². The minimum absolute atomic E-state index is 0.0144. The van der Waals surface area contributed by atoms with E-state index in [1.54, 1.807) is 7.05 Å². The van der Waals surface area contributed by atoms with Crippen LogP contribution in [-0.4, -0.2) is 56.0 Å². The molecule has 0 bridgehead atoms. The Morgan fingerprint density at radius 3 is 2.00 bits per heavy atom. The lowest BCUT2D eigenvalue weighted by Gasteiger charge is -2.22. The number of nitrogens with zero attached hydrogens (tertiary/aromatic N) is 5. The van der Waals surface area contributed by atoms with Crippen LogP contribution >= 0.6 is 0 Å². The van der Waals surface area contributed by atoms with Crippen molar-refractivity contribution in [1.82, 2.24) is 24.5 Å². The van der Waals surface area contributed by atoms with E-state index in [2.05, 4.69) is 0 Å². The molecule has 36 heavy (non-hydrogen) atoms. The van der Waals surface area contributed by atoms with Gasteiger partial charge in [0.15, 0.2) is 0 Å². The Labute approximate surface area is 209 Å². The van der Waals surface area contributed by atoms with E-state index in [1.807, 2.05) is 107 Å². The van der Waals surface area contributed by atoms with E-state index < -0.39 is 17.8 Å². The first-order valence-electron chi connectivity index (χ1n) is 11.6. The molecule has 1 aliphatic rings. The van der Waals surface area contributed by atoms with E-state index in [9.17, 15) is 14.4 Å². The van der Waals surface area contributed by atoms with Gasteiger partial charge in [-0.3, -0.25) is 19.4 Å². The highest BCUT2D eigenvalue weighted by Crippen LogP contribution is 2.25. The van der Waals surface area contributed by atoms with Gasteiger partial charge in [0.05, 0.1) is 24.6 Å². The minimum Gasteiger partial charge on any atom is -0.284 e. The summed E-state index contributed by atoms with van der Waals surface area (Å²) in [6.07, 6.45) is 1.95. The zero-order valence-electron chi connectivity index (χ0n) is 19.8. The van der Waals surface area contributed by atoms with Crippen LogP contribution in [0.1, 0.15) is 11.1 Å². The van der Waals surface area contributed by atoms with E-state index in [0.29, 0.717) is 6.54 Å². The van der Waals surface area contributed by atoms with Gasteiger partial charge >= 0.3 is 17.8 Å². The molecule has 0 saturated carbocycles. The SMILES string of the molecule is CN(Cc1cn(-c2ccccc2)nc1-c1ccccc1)CN1C(=O)C(=O)N(Cc2ccccc2)C1=O. The van der Waals surface area contributed by atoms with Gasteiger partial charge in [-0.15, -0.1) is 0 Å². The Hall–Kier alpha value is -4.56. The molecule has 1 saturated heterocycles. The monoisotopic (exact) mass is 479 g/mol. The first-order valence-corrected chi connectivity index (χ1v) is 11.6. The number of carbonyl (C=O) groups excluding carboxylic acids is 3. The van der Waals surface area contributed by atoms with Crippen molar-refractivity contribution >= 4 is 17.8 Å². The molecular formula is C28H25N5O3. The molecule has 2 heterocycles. The molecule has 0 aliphatic carbocycles. The number of carbonyl (C=O) groups is 3. The first kappa shape index (κ1) is 23.2. The molecule has 5 rings (SSSR count). The van der Waals surface area contributed by atoms with E-state index in [1.165, 1.54) is 0 Å². The number of para-hydroxylation sites is 1. The van der Waals surface area contributed by atoms with Crippen molar-refractivity contribution in [1.29, 1.82) is 0 Å². The predicted molar refractivity (Wildman–Crippen MR) is 135 cm³/mol. The maximum Gasteiger partial charge on any atom is 0.335 e. The third-order valence-electron chi connectivity index (χ3n) is 6.00. The summed E-state index contributed by atoms with van der Waals surface area (Å²) >= 11 is 0. The second-order valence-electron chi connectivity index (χ2n) is 8.70. The van der Waals surface area contributed by atoms with Crippen LogP contribution in [0.2, 0.25) is 0 Å². The molecule has 0 atom stereocenters. The molecule has 0 spiro atoms. The van der Waals surface area contributed by atoms with Gasteiger partial charge in [0.1, 0.15) is 0 Å². The van der Waals surface area contributed by atoms with Crippen LogP contribution in [0, 0.1) is 0 Å². The lowest BCUT2D eigenvalue weighted by molar-refractivity contribution is -0.144. The number of urea groups is 1. The third-order valence-corrected chi connectivity index (χ3v) is 6.00. The zero-order valence-corrected chi connectivity index (χ0v) is 19.8. The fraction of sp³-hybridized carbons (Fsp3) is 0.143. The van der Waals surface area contributed by atoms with Crippen molar-refractivity contribution in [2.45, 2.75) is 13.1 Å². The van der Waals surface area contributed by atoms with Crippen molar-refractivity contribution in [3.05, 3.63) is 108 Å². The summed E-state index contributed by atoms with van der Waals surface area (Å²) in [7, 11) is 1.81. The van der Waals surface area contributed by atoms with Crippen LogP contribution in [0.3, 0.4) is 0 Å². The summed E-state index contributed by atoms with van der Waals surface area (Å²) in [5.41, 5.74) is 4.41. The first-order chi connectivity index (χ1) is 17.5. The number of hydrogen-bond acceptors (Lipinski definition) is 5. The Bertz CT molecular complexity index is 1390. The highest BCUT2D eigenvalue weighted by atomic mass is 16.2. The highest BCUT2D eigenvalue weighted by Gasteiger charge is 2.44. The van der Waals surface area contributed by atoms with Crippen LogP contribution in [0.25, 0.3) is 16.9 Å². The van der Waals surface area contributed by atoms with Crippen LogP contribution in [-0.2, 0) is 22.7 Å². The van der Waals surface area contributed by atoms with E-state index in [-0.39, 0.29) is 13.2 Å². The zero-order chi connectivity index (χ0) is 25.1. The van der Waals surface area contributed by atoms with Crippen LogP contribution in [0.4, 0.5) is 4.79 Å². The van der Waals surface area contributed by atoms with Gasteiger partial charge < -0.3 is 0 Å². The Balaban J connectivity index is 1.35. The molecule has 8 nitrogen and oxygen atoms in total. The number of aromatic nitrogens is 2. The summed E-state index contributed by atoms with van der Waals surface area (Å²) < 4.78 is 1.82. The highest BCUT2D eigenvalue weighted by molar-refractivity contribution is 6.44. The Morgan fingerprint density at radius 1 is 0.750 bits per heavy atom. The van der Waals surface area contributed by atoms with E-state index >= 15 is 0 Å². The summed E-state index contributed by atoms with van der Waals surface area (Å²) in [5, 5.41) is 4.82. The Morgan fingerprint density at radius 2 is 1.33 bits per heavy atom. The second kappa shape index (κ2) is 9.97. The number of imide groups is 2. The van der Waals surface area contributed by atoms with Crippen LogP contribution < -0.4 is 0 Å². The quantitative estimate of drug-likeness (QED) is 0.283. The van der Waals surface area contributed by atoms with Gasteiger partial charge in [-0.05, 0) is 24.7 Å². The van der Waals surface area contributed by atoms with E-state index in [4.69, 9.17) is 5.10 Å². The summed E-state index contributed by atoms with van der Waals surface area (Å²) in [5.74, 6) is -1.62. The summed E-state index contributed by atoms with van der Waals surface area (Å²) in [6.45, 7) is 0.465. The van der Waals surface area contributed by atoms with Crippen molar-refractivity contribution in [3.63, 3.8) is 0 Å². The van der Waals surface area contributed by atoms with Gasteiger partial charge in [0.25, 0.3) is 0 Å². The van der Waals surface area contributed by atoms with Gasteiger partial charge in [-0.2, -0.15) is 5.10 Å². The average Bonchev–Trinajstić information content (AvgIpc) is 3.41. The van der Waals surface area contributed by atoms with Crippen molar-refractivity contribution < 1.29 is 14.4 Å². The molecule has 0 N–H and O–H groups in total. The topological polar surface area (TPSA) is 78.8 Å². The number of hydrogen-bond donors (Lipinski definition) is 0. The molecule has 0 radical (unpaired) electrons. The lowest BCUT2D eigenvalue weighted by Crippen LogP contribution is -2.40. The minimum atomic E-state index is -0.814. The summed E-state index contributed by atoms with van der Waals surface area (Å²) in [4.78, 5) is 42.0. The van der Waals surface area contributed by atoms with Gasteiger partial charge in [-0.25, -0.2) is 14.4 Å². The maximum atomic E-state index is 13.0. The van der Waals surface area contributed by atoms with Crippen LogP contribution in [0.5, 0.6) is 0 Å². The predicted octanol–water partition coefficient (Wildman–Crippen LogP) is 3.92. The smallest absolute Gasteiger partial charge is 0.284 e. The maximum absolute atomic E-state index is 13.0. The number of amides is 4. The molecule has 1 fully saturated rings.